The molecule has 3 aromatic heterocycles. The second kappa shape index (κ2) is 6.04. The van der Waals surface area contributed by atoms with Crippen molar-refractivity contribution in [2.45, 2.75) is 24.9 Å². The largest absolute Gasteiger partial charge is 0.506 e. The number of imidazole rings is 1. The van der Waals surface area contributed by atoms with Gasteiger partial charge in [0.25, 0.3) is 0 Å². The lowest BCUT2D eigenvalue weighted by molar-refractivity contribution is 0.206. The number of benzene rings is 1. The van der Waals surface area contributed by atoms with E-state index in [0.717, 1.165) is 24.1 Å². The lowest BCUT2D eigenvalue weighted by Crippen LogP contribution is -2.11. The van der Waals surface area contributed by atoms with Crippen molar-refractivity contribution < 1.29 is 10.2 Å². The second-order valence-electron chi connectivity index (χ2n) is 6.62. The van der Waals surface area contributed by atoms with E-state index in [2.05, 4.69) is 20.3 Å². The van der Waals surface area contributed by atoms with E-state index in [4.69, 9.17) is 11.6 Å². The van der Waals surface area contributed by atoms with Crippen molar-refractivity contribution in [3.05, 3.63) is 65.2 Å². The number of phenols is 1. The van der Waals surface area contributed by atoms with Gasteiger partial charge in [-0.1, -0.05) is 16.8 Å². The third-order valence-electron chi connectivity index (χ3n) is 4.74. The van der Waals surface area contributed by atoms with Gasteiger partial charge in [0.1, 0.15) is 17.5 Å². The average molecular weight is 383 g/mol. The van der Waals surface area contributed by atoms with E-state index < -0.39 is 6.10 Å². The molecule has 1 aromatic carbocycles. The predicted molar refractivity (Wildman–Crippen MR) is 97.1 cm³/mol. The molecule has 1 unspecified atom stereocenters. The van der Waals surface area contributed by atoms with Gasteiger partial charge >= 0.3 is 0 Å². The van der Waals surface area contributed by atoms with Crippen LogP contribution in [0, 0.1) is 0 Å². The Morgan fingerprint density at radius 1 is 1.22 bits per heavy atom. The Morgan fingerprint density at radius 2 is 2.07 bits per heavy atom. The number of phenolic OH excluding ortho intramolecular Hbond substituents is 1. The Labute approximate surface area is 158 Å². The fourth-order valence-corrected chi connectivity index (χ4v) is 3.35. The number of aliphatic hydroxyl groups is 1. The molecule has 0 aliphatic heterocycles. The van der Waals surface area contributed by atoms with Gasteiger partial charge in [-0.3, -0.25) is 9.38 Å². The van der Waals surface area contributed by atoms with E-state index >= 15 is 0 Å². The van der Waals surface area contributed by atoms with E-state index in [1.165, 1.54) is 10.7 Å². The topological polar surface area (TPSA) is 101 Å². The van der Waals surface area contributed by atoms with Gasteiger partial charge in [0.2, 0.25) is 0 Å². The molecule has 1 aliphatic carbocycles. The zero-order valence-corrected chi connectivity index (χ0v) is 14.8. The summed E-state index contributed by atoms with van der Waals surface area (Å²) in [6.45, 7) is 0. The van der Waals surface area contributed by atoms with Crippen molar-refractivity contribution in [3.8, 4) is 11.4 Å². The molecule has 136 valence electrons. The van der Waals surface area contributed by atoms with Crippen LogP contribution >= 0.6 is 11.6 Å². The molecule has 2 N–H and O–H groups in total. The van der Waals surface area contributed by atoms with Crippen molar-refractivity contribution in [1.29, 1.82) is 0 Å². The maximum Gasteiger partial charge on any atom is 0.142 e. The SMILES string of the molecule is Oc1ccc(-n2cc(C(O)c3c(C4CC4)ncc4cncn34)nn2)cc1Cl. The fraction of sp³-hybridized carbons (Fsp3) is 0.222. The van der Waals surface area contributed by atoms with Crippen LogP contribution in [-0.4, -0.2) is 39.6 Å². The highest BCUT2D eigenvalue weighted by Gasteiger charge is 2.32. The standard InChI is InChI=1S/C18H15ClN6O2/c19-13-5-11(3-4-15(13)26)25-8-14(22-23-25)18(27)17-16(10-1-2-10)21-7-12-6-20-9-24(12)17/h3-10,18,26-27H,1-2H2. The number of nitrogens with zero attached hydrogens (tertiary/aromatic N) is 6. The summed E-state index contributed by atoms with van der Waals surface area (Å²) in [6, 6.07) is 4.73. The van der Waals surface area contributed by atoms with Crippen LogP contribution in [0.4, 0.5) is 0 Å². The number of hydrogen-bond donors (Lipinski definition) is 2. The van der Waals surface area contributed by atoms with Crippen LogP contribution in [0.3, 0.4) is 0 Å². The molecule has 5 rings (SSSR count). The average Bonchev–Trinajstić information content (AvgIpc) is 3.19. The molecule has 1 atom stereocenters. The van der Waals surface area contributed by atoms with Crippen LogP contribution in [0.25, 0.3) is 11.2 Å². The van der Waals surface area contributed by atoms with Gasteiger partial charge in [0.15, 0.2) is 0 Å². The molecule has 0 saturated heterocycles. The van der Waals surface area contributed by atoms with Crippen LogP contribution in [0.1, 0.15) is 41.9 Å². The highest BCUT2D eigenvalue weighted by molar-refractivity contribution is 6.32. The maximum absolute atomic E-state index is 11.1. The first kappa shape index (κ1) is 16.2. The van der Waals surface area contributed by atoms with Crippen molar-refractivity contribution in [1.82, 2.24) is 29.4 Å². The quantitative estimate of drug-likeness (QED) is 0.562. The minimum atomic E-state index is -0.993. The molecule has 3 heterocycles. The summed E-state index contributed by atoms with van der Waals surface area (Å²) < 4.78 is 3.35. The minimum Gasteiger partial charge on any atom is -0.506 e. The van der Waals surface area contributed by atoms with Crippen LogP contribution in [0.2, 0.25) is 5.02 Å². The zero-order chi connectivity index (χ0) is 18.5. The predicted octanol–water partition coefficient (Wildman–Crippen LogP) is 2.63. The molecular formula is C18H15ClN6O2. The van der Waals surface area contributed by atoms with E-state index in [9.17, 15) is 10.2 Å². The smallest absolute Gasteiger partial charge is 0.142 e. The minimum absolute atomic E-state index is 0.00674. The van der Waals surface area contributed by atoms with E-state index in [1.54, 1.807) is 37.1 Å². The number of hydrogen-bond acceptors (Lipinski definition) is 6. The molecule has 9 heteroatoms. The van der Waals surface area contributed by atoms with Crippen LogP contribution in [-0.2, 0) is 0 Å². The number of aromatic hydroxyl groups is 1. The molecule has 1 aliphatic rings. The van der Waals surface area contributed by atoms with Gasteiger partial charge in [0, 0.05) is 5.92 Å². The van der Waals surface area contributed by atoms with Gasteiger partial charge in [-0.05, 0) is 31.0 Å². The van der Waals surface area contributed by atoms with Gasteiger partial charge in [-0.2, -0.15) is 0 Å². The summed E-state index contributed by atoms with van der Waals surface area (Å²) in [5.74, 6) is 0.347. The first-order valence-electron chi connectivity index (χ1n) is 8.52. The first-order valence-corrected chi connectivity index (χ1v) is 8.89. The summed E-state index contributed by atoms with van der Waals surface area (Å²) in [5, 5.41) is 29.1. The summed E-state index contributed by atoms with van der Waals surface area (Å²) >= 11 is 5.96. The van der Waals surface area contributed by atoms with Crippen LogP contribution in [0.5, 0.6) is 5.75 Å². The molecule has 8 nitrogen and oxygen atoms in total. The van der Waals surface area contributed by atoms with Crippen molar-refractivity contribution in [2.75, 3.05) is 0 Å². The third kappa shape index (κ3) is 2.73. The van der Waals surface area contributed by atoms with E-state index in [0.29, 0.717) is 23.0 Å². The Bertz CT molecular complexity index is 1150. The number of halogens is 1. The first-order chi connectivity index (χ1) is 13.1. The highest BCUT2D eigenvalue weighted by atomic mass is 35.5. The maximum atomic E-state index is 11.1. The van der Waals surface area contributed by atoms with Crippen molar-refractivity contribution >= 4 is 17.1 Å². The summed E-state index contributed by atoms with van der Waals surface area (Å²) in [4.78, 5) is 8.71. The van der Waals surface area contributed by atoms with Crippen molar-refractivity contribution in [2.24, 2.45) is 0 Å². The third-order valence-corrected chi connectivity index (χ3v) is 5.04. The Kier molecular flexibility index (Phi) is 3.63. The van der Waals surface area contributed by atoms with Gasteiger partial charge in [-0.25, -0.2) is 9.67 Å². The van der Waals surface area contributed by atoms with Crippen molar-refractivity contribution in [3.63, 3.8) is 0 Å². The Balaban J connectivity index is 1.57. The second-order valence-corrected chi connectivity index (χ2v) is 7.02. The highest BCUT2D eigenvalue weighted by Crippen LogP contribution is 2.42. The van der Waals surface area contributed by atoms with Crippen LogP contribution < -0.4 is 0 Å². The van der Waals surface area contributed by atoms with Gasteiger partial charge in [-0.15, -0.1) is 5.10 Å². The number of rotatable bonds is 4. The molecule has 0 amide bonds. The number of aromatic nitrogens is 6. The van der Waals surface area contributed by atoms with E-state index in [-0.39, 0.29) is 10.8 Å². The fourth-order valence-electron chi connectivity index (χ4n) is 3.18. The molecule has 0 radical (unpaired) electrons. The molecule has 0 spiro atoms. The van der Waals surface area contributed by atoms with Gasteiger partial charge in [0.05, 0.1) is 52.5 Å². The molecule has 1 saturated carbocycles. The molecule has 0 bridgehead atoms. The molecule has 27 heavy (non-hydrogen) atoms. The summed E-state index contributed by atoms with van der Waals surface area (Å²) in [5.41, 5.74) is 3.37. The number of aliphatic hydroxyl groups excluding tert-OH is 1. The molecular weight excluding hydrogens is 368 g/mol. The molecule has 1 fully saturated rings. The zero-order valence-electron chi connectivity index (χ0n) is 14.1. The lowest BCUT2D eigenvalue weighted by atomic mass is 10.1. The van der Waals surface area contributed by atoms with E-state index in [1.807, 2.05) is 4.40 Å². The normalized spacial score (nSPS) is 15.3. The molecule has 4 aromatic rings. The summed E-state index contributed by atoms with van der Waals surface area (Å²) in [7, 11) is 0. The summed E-state index contributed by atoms with van der Waals surface area (Å²) in [6.07, 6.45) is 7.91. The monoisotopic (exact) mass is 382 g/mol. The van der Waals surface area contributed by atoms with Crippen LogP contribution in [0.15, 0.2) is 43.1 Å². The number of fused-ring (bicyclic) bond motifs is 1. The Morgan fingerprint density at radius 3 is 2.85 bits per heavy atom. The Hall–Kier alpha value is -2.97. The van der Waals surface area contributed by atoms with Gasteiger partial charge < -0.3 is 10.2 Å². The lowest BCUT2D eigenvalue weighted by Gasteiger charge is -2.15.